The first-order valence-electron chi connectivity index (χ1n) is 7.62. The van der Waals surface area contributed by atoms with Crippen LogP contribution >= 0.6 is 0 Å². The normalized spacial score (nSPS) is 20.4. The highest BCUT2D eigenvalue weighted by Gasteiger charge is 2.42. The molecule has 1 aliphatic rings. The van der Waals surface area contributed by atoms with Crippen molar-refractivity contribution in [3.8, 4) is 0 Å². The van der Waals surface area contributed by atoms with Gasteiger partial charge in [0.2, 0.25) is 5.91 Å². The van der Waals surface area contributed by atoms with Crippen molar-refractivity contribution in [3.05, 3.63) is 35.9 Å². The fraction of sp³-hybridized carbons (Fsp3) is 0.500. The lowest BCUT2D eigenvalue weighted by Crippen LogP contribution is -2.53. The van der Waals surface area contributed by atoms with Crippen molar-refractivity contribution in [1.29, 1.82) is 0 Å². The van der Waals surface area contributed by atoms with Crippen LogP contribution in [0.15, 0.2) is 30.3 Å². The number of amides is 1. The molecule has 7 heteroatoms. The molecule has 1 aromatic carbocycles. The van der Waals surface area contributed by atoms with Crippen LogP contribution in [0.2, 0.25) is 0 Å². The number of carboxylic acid groups (broad SMARTS) is 1. The van der Waals surface area contributed by atoms with E-state index in [1.807, 2.05) is 0 Å². The fourth-order valence-electron chi connectivity index (χ4n) is 2.88. The summed E-state index contributed by atoms with van der Waals surface area (Å²) >= 11 is 0. The molecule has 1 unspecified atom stereocenters. The summed E-state index contributed by atoms with van der Waals surface area (Å²) in [5.74, 6) is -2.03. The lowest BCUT2D eigenvalue weighted by atomic mass is 9.86. The maximum absolute atomic E-state index is 12.5. The number of sulfone groups is 1. The quantitative estimate of drug-likeness (QED) is 0.842. The average Bonchev–Trinajstić information content (AvgIpc) is 2.53. The van der Waals surface area contributed by atoms with Gasteiger partial charge in [-0.2, -0.15) is 0 Å². The molecule has 6 nitrogen and oxygen atoms in total. The first-order chi connectivity index (χ1) is 10.8. The number of benzene rings is 1. The Morgan fingerprint density at radius 2 is 1.78 bits per heavy atom. The summed E-state index contributed by atoms with van der Waals surface area (Å²) in [6.07, 6.45) is 0.674. The van der Waals surface area contributed by atoms with E-state index in [0.717, 1.165) is 0 Å². The Morgan fingerprint density at radius 1 is 1.22 bits per heavy atom. The van der Waals surface area contributed by atoms with Gasteiger partial charge in [0.15, 0.2) is 5.54 Å². The fourth-order valence-corrected chi connectivity index (χ4v) is 4.37. The molecule has 1 heterocycles. The van der Waals surface area contributed by atoms with Crippen LogP contribution in [0.25, 0.3) is 0 Å². The van der Waals surface area contributed by atoms with Gasteiger partial charge >= 0.3 is 5.97 Å². The second-order valence-corrected chi connectivity index (χ2v) is 8.15. The highest BCUT2D eigenvalue weighted by Crippen LogP contribution is 2.28. The number of carboxylic acids is 1. The molecule has 1 aliphatic heterocycles. The first-order valence-corrected chi connectivity index (χ1v) is 9.44. The van der Waals surface area contributed by atoms with Gasteiger partial charge in [0.05, 0.1) is 11.5 Å². The molecular weight excluding hydrogens is 318 g/mol. The third-order valence-corrected chi connectivity index (χ3v) is 6.14. The van der Waals surface area contributed by atoms with E-state index in [4.69, 9.17) is 0 Å². The van der Waals surface area contributed by atoms with E-state index >= 15 is 0 Å². The van der Waals surface area contributed by atoms with Gasteiger partial charge in [0, 0.05) is 5.92 Å². The zero-order chi connectivity index (χ0) is 17.1. The average molecular weight is 339 g/mol. The highest BCUT2D eigenvalue weighted by atomic mass is 32.2. The number of hydrogen-bond donors (Lipinski definition) is 2. The summed E-state index contributed by atoms with van der Waals surface area (Å²) in [4.78, 5) is 24.4. The molecule has 0 saturated carbocycles. The molecule has 126 valence electrons. The smallest absolute Gasteiger partial charge is 0.334 e. The Hall–Kier alpha value is -1.89. The third-order valence-electron chi connectivity index (χ3n) is 4.42. The second-order valence-electron chi connectivity index (χ2n) is 5.85. The number of nitrogens with one attached hydrogen (secondary N) is 1. The van der Waals surface area contributed by atoms with Gasteiger partial charge in [-0.15, -0.1) is 0 Å². The van der Waals surface area contributed by atoms with Crippen molar-refractivity contribution in [3.63, 3.8) is 0 Å². The third kappa shape index (κ3) is 3.72. The monoisotopic (exact) mass is 339 g/mol. The van der Waals surface area contributed by atoms with Gasteiger partial charge in [0.25, 0.3) is 0 Å². The van der Waals surface area contributed by atoms with Gasteiger partial charge in [-0.05, 0) is 24.8 Å². The molecule has 2 N–H and O–H groups in total. The van der Waals surface area contributed by atoms with Crippen LogP contribution in [-0.4, -0.2) is 36.9 Å². The Balaban J connectivity index is 2.22. The lowest BCUT2D eigenvalue weighted by Gasteiger charge is -2.32. The van der Waals surface area contributed by atoms with Gasteiger partial charge in [-0.1, -0.05) is 37.3 Å². The first kappa shape index (κ1) is 17.5. The summed E-state index contributed by atoms with van der Waals surface area (Å²) in [6.45, 7) is 1.70. The molecule has 1 amide bonds. The topological polar surface area (TPSA) is 101 Å². The zero-order valence-electron chi connectivity index (χ0n) is 13.0. The molecule has 23 heavy (non-hydrogen) atoms. The summed E-state index contributed by atoms with van der Waals surface area (Å²) < 4.78 is 22.9. The summed E-state index contributed by atoms with van der Waals surface area (Å²) in [5.41, 5.74) is -0.985. The van der Waals surface area contributed by atoms with Crippen LogP contribution in [0.3, 0.4) is 0 Å². The number of aliphatic carboxylic acids is 1. The van der Waals surface area contributed by atoms with E-state index in [0.29, 0.717) is 5.56 Å². The van der Waals surface area contributed by atoms with Crippen molar-refractivity contribution < 1.29 is 23.1 Å². The number of carbonyl (C=O) groups excluding carboxylic acids is 1. The summed E-state index contributed by atoms with van der Waals surface area (Å²) in [5, 5.41) is 12.4. The molecule has 0 aromatic heterocycles. The molecule has 0 bridgehead atoms. The molecule has 1 atom stereocenters. The zero-order valence-corrected chi connectivity index (χ0v) is 13.8. The van der Waals surface area contributed by atoms with Crippen LogP contribution in [0.5, 0.6) is 0 Å². The van der Waals surface area contributed by atoms with E-state index in [9.17, 15) is 23.1 Å². The lowest BCUT2D eigenvalue weighted by molar-refractivity contribution is -0.149. The minimum absolute atomic E-state index is 0.0252. The van der Waals surface area contributed by atoms with Gasteiger partial charge < -0.3 is 10.4 Å². The Morgan fingerprint density at radius 3 is 2.26 bits per heavy atom. The van der Waals surface area contributed by atoms with Crippen LogP contribution in [0.4, 0.5) is 0 Å². The largest absolute Gasteiger partial charge is 0.479 e. The van der Waals surface area contributed by atoms with E-state index in [2.05, 4.69) is 5.32 Å². The van der Waals surface area contributed by atoms with Crippen molar-refractivity contribution in [1.82, 2.24) is 5.32 Å². The van der Waals surface area contributed by atoms with Crippen molar-refractivity contribution in [2.45, 2.75) is 31.7 Å². The van der Waals surface area contributed by atoms with Crippen LogP contribution in [-0.2, 0) is 25.0 Å². The van der Waals surface area contributed by atoms with Crippen molar-refractivity contribution in [2.75, 3.05) is 11.5 Å². The van der Waals surface area contributed by atoms with E-state index < -0.39 is 33.2 Å². The molecule has 1 aromatic rings. The molecule has 1 saturated heterocycles. The highest BCUT2D eigenvalue weighted by molar-refractivity contribution is 7.91. The molecule has 0 radical (unpaired) electrons. The maximum Gasteiger partial charge on any atom is 0.334 e. The Labute approximate surface area is 135 Å². The van der Waals surface area contributed by atoms with E-state index in [-0.39, 0.29) is 30.8 Å². The van der Waals surface area contributed by atoms with Crippen molar-refractivity contribution >= 4 is 21.7 Å². The molecule has 1 fully saturated rings. The maximum atomic E-state index is 12.5. The minimum Gasteiger partial charge on any atom is -0.479 e. The van der Waals surface area contributed by atoms with Crippen LogP contribution in [0, 0.1) is 5.92 Å². The minimum atomic E-state index is -3.06. The van der Waals surface area contributed by atoms with Crippen LogP contribution < -0.4 is 5.32 Å². The molecule has 0 aliphatic carbocycles. The SMILES string of the molecule is CCC(NC(=O)C1CCS(=O)(=O)CC1)(C(=O)O)c1ccccc1. The number of carbonyl (C=O) groups is 2. The summed E-state index contributed by atoms with van der Waals surface area (Å²) in [7, 11) is -3.06. The van der Waals surface area contributed by atoms with Gasteiger partial charge in [0.1, 0.15) is 9.84 Å². The number of hydrogen-bond acceptors (Lipinski definition) is 4. The van der Waals surface area contributed by atoms with E-state index in [1.165, 1.54) is 0 Å². The predicted octanol–water partition coefficient (Wildman–Crippen LogP) is 1.32. The summed E-state index contributed by atoms with van der Waals surface area (Å²) in [6, 6.07) is 8.57. The molecule has 2 rings (SSSR count). The number of rotatable bonds is 5. The van der Waals surface area contributed by atoms with Crippen molar-refractivity contribution in [2.24, 2.45) is 5.92 Å². The van der Waals surface area contributed by atoms with Gasteiger partial charge in [-0.25, -0.2) is 13.2 Å². The molecule has 0 spiro atoms. The van der Waals surface area contributed by atoms with E-state index in [1.54, 1.807) is 37.3 Å². The molecular formula is C16H21NO5S. The standard InChI is InChI=1S/C16H21NO5S/c1-2-16(15(19)20,13-6-4-3-5-7-13)17-14(18)12-8-10-23(21,22)11-9-12/h3-7,12H,2,8-11H2,1H3,(H,17,18)(H,19,20). The Kier molecular flexibility index (Phi) is 5.09. The predicted molar refractivity (Wildman–Crippen MR) is 85.6 cm³/mol. The second kappa shape index (κ2) is 6.70. The van der Waals surface area contributed by atoms with Crippen LogP contribution in [0.1, 0.15) is 31.7 Å². The van der Waals surface area contributed by atoms with Gasteiger partial charge in [-0.3, -0.25) is 4.79 Å². The Bertz CT molecular complexity index is 672.